The summed E-state index contributed by atoms with van der Waals surface area (Å²) in [6, 6.07) is 11.9. The van der Waals surface area contributed by atoms with Crippen LogP contribution in [0.1, 0.15) is 11.3 Å². The Balaban J connectivity index is 1.64. The van der Waals surface area contributed by atoms with Crippen LogP contribution in [0.4, 0.5) is 13.6 Å². The Morgan fingerprint density at radius 2 is 1.85 bits per heavy atom. The minimum Gasteiger partial charge on any atom is -0.489 e. The van der Waals surface area contributed by atoms with E-state index in [0.717, 1.165) is 5.56 Å². The average molecular weight is 360 g/mol. The molecule has 0 bridgehead atoms. The minimum absolute atomic E-state index is 0.0116. The van der Waals surface area contributed by atoms with E-state index in [9.17, 15) is 13.6 Å². The Hall–Kier alpha value is -3.42. The number of nitrogens with one attached hydrogen (secondary N) is 1. The van der Waals surface area contributed by atoms with Gasteiger partial charge in [-0.25, -0.2) is 13.6 Å². The van der Waals surface area contributed by atoms with Crippen LogP contribution in [-0.4, -0.2) is 16.4 Å². The van der Waals surface area contributed by atoms with Gasteiger partial charge in [0.1, 0.15) is 29.7 Å². The number of halogens is 2. The third kappa shape index (κ3) is 4.15. The van der Waals surface area contributed by atoms with Crippen LogP contribution in [0.15, 0.2) is 53.1 Å². The van der Waals surface area contributed by atoms with Gasteiger partial charge in [-0.2, -0.15) is 0 Å². The molecule has 8 heteroatoms. The predicted molar refractivity (Wildman–Crippen MR) is 87.5 cm³/mol. The number of carboxylic acid groups (broad SMARTS) is 1. The molecule has 3 rings (SSSR count). The van der Waals surface area contributed by atoms with E-state index in [0.29, 0.717) is 17.2 Å². The lowest BCUT2D eigenvalue weighted by Crippen LogP contribution is -2.19. The first-order chi connectivity index (χ1) is 12.5. The summed E-state index contributed by atoms with van der Waals surface area (Å²) in [5, 5.41) is 14.6. The smallest absolute Gasteiger partial charge is 0.405 e. The summed E-state index contributed by atoms with van der Waals surface area (Å²) in [7, 11) is 0. The Bertz CT molecular complexity index is 890. The number of rotatable bonds is 6. The zero-order valence-corrected chi connectivity index (χ0v) is 13.4. The van der Waals surface area contributed by atoms with Gasteiger partial charge in [-0.3, -0.25) is 0 Å². The first-order valence-corrected chi connectivity index (χ1v) is 7.61. The molecule has 1 heterocycles. The molecule has 0 saturated carbocycles. The highest BCUT2D eigenvalue weighted by Crippen LogP contribution is 2.23. The summed E-state index contributed by atoms with van der Waals surface area (Å²) in [4.78, 5) is 10.5. The van der Waals surface area contributed by atoms with Gasteiger partial charge in [0.25, 0.3) is 0 Å². The van der Waals surface area contributed by atoms with Crippen molar-refractivity contribution < 1.29 is 27.9 Å². The monoisotopic (exact) mass is 360 g/mol. The number of aromatic nitrogens is 1. The van der Waals surface area contributed by atoms with Gasteiger partial charge in [0.2, 0.25) is 0 Å². The predicted octanol–water partition coefficient (Wildman–Crippen LogP) is 3.97. The van der Waals surface area contributed by atoms with Crippen LogP contribution in [-0.2, 0) is 13.2 Å². The van der Waals surface area contributed by atoms with Gasteiger partial charge in [-0.05, 0) is 36.4 Å². The maximum absolute atomic E-state index is 13.6. The summed E-state index contributed by atoms with van der Waals surface area (Å²) in [6.07, 6.45) is -1.16. The number of ether oxygens (including phenoxy) is 1. The molecule has 0 aliphatic carbocycles. The van der Waals surface area contributed by atoms with Gasteiger partial charge in [0, 0.05) is 11.6 Å². The van der Waals surface area contributed by atoms with Crippen molar-refractivity contribution in [2.24, 2.45) is 0 Å². The van der Waals surface area contributed by atoms with Crippen molar-refractivity contribution in [3.05, 3.63) is 71.5 Å². The van der Waals surface area contributed by atoms with E-state index < -0.39 is 17.7 Å². The molecular formula is C18H14F2N2O4. The molecule has 0 radical (unpaired) electrons. The fourth-order valence-electron chi connectivity index (χ4n) is 2.24. The van der Waals surface area contributed by atoms with Gasteiger partial charge in [-0.1, -0.05) is 11.2 Å². The van der Waals surface area contributed by atoms with Crippen molar-refractivity contribution >= 4 is 6.09 Å². The standard InChI is InChI=1S/C18H14F2N2O4/c19-15-2-1-3-16(20)14(15)10-25-12-6-4-11(5-7-12)17-8-13(26-22-17)9-21-18(23)24/h1-8,21H,9-10H2,(H,23,24). The molecule has 1 aromatic heterocycles. The zero-order chi connectivity index (χ0) is 18.5. The first-order valence-electron chi connectivity index (χ1n) is 7.61. The average Bonchev–Trinajstić information content (AvgIpc) is 3.09. The largest absolute Gasteiger partial charge is 0.489 e. The van der Waals surface area contributed by atoms with E-state index in [1.54, 1.807) is 30.3 Å². The van der Waals surface area contributed by atoms with Gasteiger partial charge in [0.15, 0.2) is 5.76 Å². The van der Waals surface area contributed by atoms with Crippen LogP contribution in [0.5, 0.6) is 5.75 Å². The molecule has 0 saturated heterocycles. The lowest BCUT2D eigenvalue weighted by atomic mass is 10.1. The van der Waals surface area contributed by atoms with Crippen molar-refractivity contribution in [3.63, 3.8) is 0 Å². The fourth-order valence-corrected chi connectivity index (χ4v) is 2.24. The fraction of sp³-hybridized carbons (Fsp3) is 0.111. The van der Waals surface area contributed by atoms with E-state index in [-0.39, 0.29) is 18.7 Å². The lowest BCUT2D eigenvalue weighted by Gasteiger charge is -2.08. The van der Waals surface area contributed by atoms with E-state index in [2.05, 4.69) is 10.5 Å². The van der Waals surface area contributed by atoms with Crippen LogP contribution < -0.4 is 10.1 Å². The number of carbonyl (C=O) groups is 1. The molecule has 0 aliphatic rings. The quantitative estimate of drug-likeness (QED) is 0.695. The number of hydrogen-bond donors (Lipinski definition) is 2. The normalized spacial score (nSPS) is 10.5. The Morgan fingerprint density at radius 1 is 1.15 bits per heavy atom. The molecule has 0 spiro atoms. The summed E-state index contributed by atoms with van der Waals surface area (Å²) < 4.78 is 37.6. The van der Waals surface area contributed by atoms with E-state index in [1.807, 2.05) is 0 Å². The topological polar surface area (TPSA) is 84.6 Å². The summed E-state index contributed by atoms with van der Waals surface area (Å²) in [5.41, 5.74) is 1.11. The van der Waals surface area contributed by atoms with E-state index >= 15 is 0 Å². The summed E-state index contributed by atoms with van der Waals surface area (Å²) >= 11 is 0. The van der Waals surface area contributed by atoms with E-state index in [1.165, 1.54) is 18.2 Å². The number of benzene rings is 2. The van der Waals surface area contributed by atoms with Crippen molar-refractivity contribution in [3.8, 4) is 17.0 Å². The SMILES string of the molecule is O=C(O)NCc1cc(-c2ccc(OCc3c(F)cccc3F)cc2)no1. The minimum atomic E-state index is -1.16. The molecule has 0 atom stereocenters. The summed E-state index contributed by atoms with van der Waals surface area (Å²) in [5.74, 6) is -0.510. The first kappa shape index (κ1) is 17.4. The maximum atomic E-state index is 13.6. The second-order valence-corrected chi connectivity index (χ2v) is 5.35. The molecule has 0 fully saturated rings. The third-order valence-corrected chi connectivity index (χ3v) is 3.57. The van der Waals surface area contributed by atoms with Gasteiger partial charge >= 0.3 is 6.09 Å². The highest BCUT2D eigenvalue weighted by Gasteiger charge is 2.10. The molecule has 3 aromatic rings. The third-order valence-electron chi connectivity index (χ3n) is 3.57. The molecule has 6 nitrogen and oxygen atoms in total. The second kappa shape index (κ2) is 7.64. The summed E-state index contributed by atoms with van der Waals surface area (Å²) in [6.45, 7) is -0.218. The van der Waals surface area contributed by atoms with Gasteiger partial charge < -0.3 is 19.7 Å². The van der Waals surface area contributed by atoms with Crippen molar-refractivity contribution in [2.75, 3.05) is 0 Å². The molecule has 0 unspecified atom stereocenters. The van der Waals surface area contributed by atoms with Crippen LogP contribution in [0.2, 0.25) is 0 Å². The van der Waals surface area contributed by atoms with Crippen molar-refractivity contribution in [2.45, 2.75) is 13.2 Å². The molecule has 2 aromatic carbocycles. The van der Waals surface area contributed by atoms with Crippen molar-refractivity contribution in [1.29, 1.82) is 0 Å². The Labute approximate surface area is 147 Å². The molecular weight excluding hydrogens is 346 g/mol. The number of nitrogens with zero attached hydrogens (tertiary/aromatic N) is 1. The Morgan fingerprint density at radius 3 is 2.50 bits per heavy atom. The maximum Gasteiger partial charge on any atom is 0.405 e. The van der Waals surface area contributed by atoms with Crippen LogP contribution in [0, 0.1) is 11.6 Å². The Kier molecular flexibility index (Phi) is 5.12. The van der Waals surface area contributed by atoms with Gasteiger partial charge in [0.05, 0.1) is 12.1 Å². The van der Waals surface area contributed by atoms with Crippen LogP contribution >= 0.6 is 0 Å². The number of amides is 1. The second-order valence-electron chi connectivity index (χ2n) is 5.35. The van der Waals surface area contributed by atoms with Crippen LogP contribution in [0.3, 0.4) is 0 Å². The molecule has 134 valence electrons. The molecule has 0 aliphatic heterocycles. The molecule has 26 heavy (non-hydrogen) atoms. The highest BCUT2D eigenvalue weighted by molar-refractivity contribution is 5.64. The zero-order valence-electron chi connectivity index (χ0n) is 13.4. The van der Waals surface area contributed by atoms with Gasteiger partial charge in [-0.15, -0.1) is 0 Å². The van der Waals surface area contributed by atoms with E-state index in [4.69, 9.17) is 14.4 Å². The lowest BCUT2D eigenvalue weighted by molar-refractivity contribution is 0.192. The highest BCUT2D eigenvalue weighted by atomic mass is 19.1. The van der Waals surface area contributed by atoms with Crippen molar-refractivity contribution in [1.82, 2.24) is 10.5 Å². The molecule has 2 N–H and O–H groups in total. The number of hydrogen-bond acceptors (Lipinski definition) is 4. The molecule has 1 amide bonds. The van der Waals surface area contributed by atoms with Crippen LogP contribution in [0.25, 0.3) is 11.3 Å².